The van der Waals surface area contributed by atoms with Gasteiger partial charge in [-0.3, -0.25) is 19.3 Å². The van der Waals surface area contributed by atoms with Crippen LogP contribution in [0.4, 0.5) is 0 Å². The van der Waals surface area contributed by atoms with Crippen molar-refractivity contribution < 1.29 is 39.2 Å². The lowest BCUT2D eigenvalue weighted by atomic mass is 9.58. The molecule has 1 aromatic heterocycles. The Hall–Kier alpha value is -3.93. The number of aromatic hydroxyl groups is 1. The average molecular weight is 566 g/mol. The summed E-state index contributed by atoms with van der Waals surface area (Å²) in [4.78, 5) is 40.9. The van der Waals surface area contributed by atoms with Gasteiger partial charge in [-0.25, -0.2) is 0 Å². The molecule has 0 aliphatic heterocycles. The van der Waals surface area contributed by atoms with E-state index in [1.165, 1.54) is 11.0 Å². The summed E-state index contributed by atoms with van der Waals surface area (Å²) >= 11 is 0. The number of hydrogen-bond donors (Lipinski definition) is 6. The summed E-state index contributed by atoms with van der Waals surface area (Å²) in [7, 11) is 3.18. The van der Waals surface area contributed by atoms with Gasteiger partial charge in [-0.2, -0.15) is 0 Å². The van der Waals surface area contributed by atoms with Crippen molar-refractivity contribution in [1.29, 1.82) is 0 Å². The van der Waals surface area contributed by atoms with Crippen LogP contribution in [0.1, 0.15) is 48.9 Å². The SMILES string of the molecule is CN(C)[C@@H]1C(O)=C(C(N)=O)C(=O)[C@@]2(O)C(O)=C3C(=O)c4c(O)ccc(-c5ccc(CNC(C)(C)C)o5)c4C[C@@H]3C[C@H]12. The number of likely N-dealkylation sites (N-methyl/N-ethyl adjacent to an activating group) is 1. The fourth-order valence-corrected chi connectivity index (χ4v) is 6.45. The predicted octanol–water partition coefficient (Wildman–Crippen LogP) is 2.27. The van der Waals surface area contributed by atoms with Crippen molar-refractivity contribution in [3.05, 3.63) is 63.8 Å². The molecule has 0 radical (unpaired) electrons. The number of nitrogens with one attached hydrogen (secondary N) is 1. The number of carbonyl (C=O) groups excluding carboxylic acids is 3. The highest BCUT2D eigenvalue weighted by Gasteiger charge is 2.63. The smallest absolute Gasteiger partial charge is 0.255 e. The molecule has 0 saturated carbocycles. The summed E-state index contributed by atoms with van der Waals surface area (Å²) in [5, 5.41) is 48.2. The van der Waals surface area contributed by atoms with E-state index < -0.39 is 58.0 Å². The van der Waals surface area contributed by atoms with Gasteiger partial charge in [-0.15, -0.1) is 0 Å². The largest absolute Gasteiger partial charge is 0.510 e. The molecule has 11 nitrogen and oxygen atoms in total. The van der Waals surface area contributed by atoms with Gasteiger partial charge in [-0.05, 0) is 83.5 Å². The number of fused-ring (bicyclic) bond motifs is 3. The first-order chi connectivity index (χ1) is 19.1. The first-order valence-electron chi connectivity index (χ1n) is 13.4. The molecule has 0 unspecified atom stereocenters. The second-order valence-corrected chi connectivity index (χ2v) is 12.3. The number of primary amides is 1. The van der Waals surface area contributed by atoms with E-state index in [9.17, 15) is 34.8 Å². The summed E-state index contributed by atoms with van der Waals surface area (Å²) < 4.78 is 6.09. The monoisotopic (exact) mass is 565 g/mol. The number of phenols is 1. The first-order valence-corrected chi connectivity index (χ1v) is 13.4. The lowest BCUT2D eigenvalue weighted by Gasteiger charge is -2.50. The van der Waals surface area contributed by atoms with Crippen LogP contribution in [0, 0.1) is 11.8 Å². The summed E-state index contributed by atoms with van der Waals surface area (Å²) in [6.07, 6.45) is 0.189. The number of benzene rings is 1. The molecule has 5 rings (SSSR count). The number of carbonyl (C=O) groups is 3. The number of phenolic OH excluding ortho intramolecular Hbond substituents is 1. The van der Waals surface area contributed by atoms with Gasteiger partial charge >= 0.3 is 0 Å². The van der Waals surface area contributed by atoms with Crippen LogP contribution in [-0.2, 0) is 22.6 Å². The zero-order valence-corrected chi connectivity index (χ0v) is 23.6. The number of nitrogens with two attached hydrogens (primary N) is 1. The zero-order valence-electron chi connectivity index (χ0n) is 23.6. The summed E-state index contributed by atoms with van der Waals surface area (Å²) in [5.74, 6) is -5.67. The Morgan fingerprint density at radius 2 is 1.83 bits per heavy atom. The molecule has 0 saturated heterocycles. The Kier molecular flexibility index (Phi) is 6.68. The lowest BCUT2D eigenvalue weighted by Crippen LogP contribution is -2.63. The third-order valence-corrected chi connectivity index (χ3v) is 8.33. The number of ketones is 2. The van der Waals surface area contributed by atoms with Crippen LogP contribution < -0.4 is 11.1 Å². The molecule has 11 heteroatoms. The van der Waals surface area contributed by atoms with Gasteiger partial charge in [0.1, 0.15) is 34.4 Å². The second-order valence-electron chi connectivity index (χ2n) is 12.3. The predicted molar refractivity (Wildman–Crippen MR) is 148 cm³/mol. The maximum absolute atomic E-state index is 13.9. The highest BCUT2D eigenvalue weighted by Crippen LogP contribution is 2.53. The number of aliphatic hydroxyl groups is 3. The molecular weight excluding hydrogens is 530 g/mol. The van der Waals surface area contributed by atoms with Crippen molar-refractivity contribution in [1.82, 2.24) is 10.2 Å². The van der Waals surface area contributed by atoms with Crippen molar-refractivity contribution in [3.8, 4) is 17.1 Å². The maximum atomic E-state index is 13.9. The van der Waals surface area contributed by atoms with Crippen LogP contribution in [0.5, 0.6) is 5.75 Å². The topological polar surface area (TPSA) is 187 Å². The highest BCUT2D eigenvalue weighted by atomic mass is 16.4. The summed E-state index contributed by atoms with van der Waals surface area (Å²) in [6.45, 7) is 6.59. The minimum absolute atomic E-state index is 0.0137. The number of rotatable bonds is 5. The van der Waals surface area contributed by atoms with E-state index in [0.29, 0.717) is 29.2 Å². The average Bonchev–Trinajstić information content (AvgIpc) is 3.33. The van der Waals surface area contributed by atoms with Crippen molar-refractivity contribution in [2.45, 2.75) is 57.3 Å². The molecule has 1 heterocycles. The van der Waals surface area contributed by atoms with Gasteiger partial charge in [0.2, 0.25) is 5.78 Å². The van der Waals surface area contributed by atoms with E-state index >= 15 is 0 Å². The molecular formula is C30H35N3O8. The van der Waals surface area contributed by atoms with Crippen LogP contribution in [0.15, 0.2) is 51.3 Å². The summed E-state index contributed by atoms with van der Waals surface area (Å²) in [5.41, 5.74) is 2.58. The molecule has 218 valence electrons. The molecule has 0 spiro atoms. The van der Waals surface area contributed by atoms with E-state index in [-0.39, 0.29) is 35.3 Å². The van der Waals surface area contributed by atoms with Crippen LogP contribution in [0.3, 0.4) is 0 Å². The highest BCUT2D eigenvalue weighted by molar-refractivity contribution is 6.24. The van der Waals surface area contributed by atoms with E-state index in [2.05, 4.69) is 5.32 Å². The number of amides is 1. The lowest BCUT2D eigenvalue weighted by molar-refractivity contribution is -0.148. The molecule has 3 aliphatic rings. The van der Waals surface area contributed by atoms with Gasteiger partial charge < -0.3 is 35.9 Å². The fourth-order valence-electron chi connectivity index (χ4n) is 6.45. The van der Waals surface area contributed by atoms with Crippen molar-refractivity contribution >= 4 is 17.5 Å². The third-order valence-electron chi connectivity index (χ3n) is 8.33. The Morgan fingerprint density at radius 1 is 1.15 bits per heavy atom. The van der Waals surface area contributed by atoms with Crippen molar-refractivity contribution in [3.63, 3.8) is 0 Å². The maximum Gasteiger partial charge on any atom is 0.255 e. The second kappa shape index (κ2) is 9.57. The number of allylic oxidation sites excluding steroid dienone is 1. The number of furan rings is 1. The van der Waals surface area contributed by atoms with E-state index in [4.69, 9.17) is 10.2 Å². The van der Waals surface area contributed by atoms with Crippen LogP contribution in [0.25, 0.3) is 11.3 Å². The van der Waals surface area contributed by atoms with E-state index in [0.717, 1.165) is 0 Å². The molecule has 41 heavy (non-hydrogen) atoms. The Morgan fingerprint density at radius 3 is 2.44 bits per heavy atom. The zero-order chi connectivity index (χ0) is 30.2. The Labute approximate surface area is 236 Å². The normalized spacial score (nSPS) is 26.3. The number of hydrogen-bond acceptors (Lipinski definition) is 10. The first kappa shape index (κ1) is 28.6. The number of nitrogens with zero attached hydrogens (tertiary/aromatic N) is 1. The van der Waals surface area contributed by atoms with Crippen molar-refractivity contribution in [2.75, 3.05) is 14.1 Å². The molecule has 3 aliphatic carbocycles. The van der Waals surface area contributed by atoms with E-state index in [1.807, 2.05) is 26.8 Å². The quantitative estimate of drug-likeness (QED) is 0.294. The summed E-state index contributed by atoms with van der Waals surface area (Å²) in [6, 6.07) is 5.59. The van der Waals surface area contributed by atoms with Gasteiger partial charge in [-0.1, -0.05) is 0 Å². The Balaban J connectivity index is 1.62. The third kappa shape index (κ3) is 4.35. The fraction of sp³-hybridized carbons (Fsp3) is 0.433. The number of Topliss-reactive ketones (excluding diaryl/α,β-unsaturated/α-hetero) is 2. The molecule has 4 atom stereocenters. The van der Waals surface area contributed by atoms with Gasteiger partial charge in [0.15, 0.2) is 11.4 Å². The van der Waals surface area contributed by atoms with Gasteiger partial charge in [0, 0.05) is 22.6 Å². The van der Waals surface area contributed by atoms with Gasteiger partial charge in [0.25, 0.3) is 5.91 Å². The van der Waals surface area contributed by atoms with Gasteiger partial charge in [0.05, 0.1) is 18.2 Å². The van der Waals surface area contributed by atoms with E-state index in [1.54, 1.807) is 26.2 Å². The molecule has 0 fully saturated rings. The van der Waals surface area contributed by atoms with Crippen molar-refractivity contribution in [2.24, 2.45) is 17.6 Å². The minimum Gasteiger partial charge on any atom is -0.510 e. The van der Waals surface area contributed by atoms with Crippen LogP contribution in [0.2, 0.25) is 0 Å². The molecule has 1 aromatic carbocycles. The molecule has 2 aromatic rings. The Bertz CT molecular complexity index is 1540. The molecule has 1 amide bonds. The van der Waals surface area contributed by atoms with Crippen LogP contribution >= 0.6 is 0 Å². The minimum atomic E-state index is -2.67. The standard InChI is InChI=1S/C30H35N3O8/c1-29(2,3)32-12-14-6-9-19(41-14)15-7-8-18(34)21-16(15)10-13-11-17-23(33(4)5)25(36)22(28(31)39)27(38)30(17,40)26(37)20(13)24(21)35/h6-9,13,17,23,32,34,36-37,40H,10-12H2,1-5H3,(H2,31,39)/t13-,17-,23+,30+/m1/s1. The van der Waals surface area contributed by atoms with Crippen LogP contribution in [-0.4, -0.2) is 74.1 Å². The molecule has 7 N–H and O–H groups in total. The molecule has 0 bridgehead atoms. The number of aliphatic hydroxyl groups excluding tert-OH is 2.